The monoisotopic (exact) mass is 304 g/mol. The summed E-state index contributed by atoms with van der Waals surface area (Å²) in [5.41, 5.74) is 0. The molecule has 0 bridgehead atoms. The first kappa shape index (κ1) is 16.9. The van der Waals surface area contributed by atoms with E-state index in [9.17, 15) is 19.2 Å². The molecule has 0 spiro atoms. The molecule has 0 unspecified atom stereocenters. The molecule has 0 saturated heterocycles. The van der Waals surface area contributed by atoms with Crippen LogP contribution in [0.25, 0.3) is 0 Å². The Balaban J connectivity index is 2.71. The van der Waals surface area contributed by atoms with Crippen LogP contribution in [0.2, 0.25) is 0 Å². The summed E-state index contributed by atoms with van der Waals surface area (Å²) < 4.78 is 0. The van der Waals surface area contributed by atoms with E-state index in [1.807, 2.05) is 0 Å². The second-order valence-corrected chi connectivity index (χ2v) is 4.76. The van der Waals surface area contributed by atoms with Gasteiger partial charge in [-0.1, -0.05) is 0 Å². The van der Waals surface area contributed by atoms with Gasteiger partial charge in [-0.15, -0.1) is 0 Å². The molecule has 0 heterocycles. The average Bonchev–Trinajstić information content (AvgIpc) is 3.03. The van der Waals surface area contributed by atoms with Gasteiger partial charge >= 0.3 is 23.9 Å². The number of nitrogens with zero attached hydrogens (tertiary/aromatic N) is 2. The second-order valence-electron chi connectivity index (χ2n) is 4.76. The van der Waals surface area contributed by atoms with Crippen molar-refractivity contribution in [2.24, 2.45) is 0 Å². The Labute approximate surface area is 119 Å². The van der Waals surface area contributed by atoms with Crippen molar-refractivity contribution in [1.29, 1.82) is 0 Å². The maximum atomic E-state index is 10.7. The topological polar surface area (TPSA) is 156 Å². The maximum absolute atomic E-state index is 10.7. The number of hydrogen-bond acceptors (Lipinski definition) is 6. The van der Waals surface area contributed by atoms with E-state index in [0.29, 0.717) is 6.42 Å². The van der Waals surface area contributed by atoms with Crippen LogP contribution in [0.4, 0.5) is 0 Å². The minimum absolute atomic E-state index is 0.334. The molecule has 0 aromatic heterocycles. The van der Waals surface area contributed by atoms with Crippen molar-refractivity contribution in [2.75, 3.05) is 26.2 Å². The van der Waals surface area contributed by atoms with Crippen molar-refractivity contribution in [3.8, 4) is 0 Å². The molecule has 10 heteroatoms. The van der Waals surface area contributed by atoms with E-state index in [-0.39, 0.29) is 0 Å². The summed E-state index contributed by atoms with van der Waals surface area (Å²) >= 11 is 0. The van der Waals surface area contributed by atoms with Crippen molar-refractivity contribution in [1.82, 2.24) is 9.80 Å². The first-order valence-corrected chi connectivity index (χ1v) is 6.06. The number of aliphatic carboxylic acids is 4. The first-order chi connectivity index (χ1) is 9.70. The van der Waals surface area contributed by atoms with Crippen LogP contribution in [0, 0.1) is 0 Å². The third-order valence-corrected chi connectivity index (χ3v) is 3.02. The molecule has 21 heavy (non-hydrogen) atoms. The lowest BCUT2D eigenvalue weighted by Gasteiger charge is -2.22. The lowest BCUT2D eigenvalue weighted by atomic mass is 10.4. The molecule has 1 rings (SSSR count). The number of carboxylic acids is 4. The molecule has 0 radical (unpaired) electrons. The fraction of sp³-hybridized carbons (Fsp3) is 0.636. The maximum Gasteiger partial charge on any atom is 0.317 e. The van der Waals surface area contributed by atoms with Crippen molar-refractivity contribution in [2.45, 2.75) is 18.5 Å². The fourth-order valence-electron chi connectivity index (χ4n) is 2.23. The van der Waals surface area contributed by atoms with Crippen molar-refractivity contribution >= 4 is 23.9 Å². The molecule has 10 nitrogen and oxygen atoms in total. The van der Waals surface area contributed by atoms with E-state index < -0.39 is 62.1 Å². The SMILES string of the molecule is O=C(O)CN(CC(=O)O)[C@@H]1C[C@@H]1N(CC(=O)O)CC(=O)O. The highest BCUT2D eigenvalue weighted by molar-refractivity contribution is 5.74. The van der Waals surface area contributed by atoms with Gasteiger partial charge in [-0.25, -0.2) is 0 Å². The van der Waals surface area contributed by atoms with Crippen molar-refractivity contribution < 1.29 is 39.6 Å². The summed E-state index contributed by atoms with van der Waals surface area (Å²) in [4.78, 5) is 45.2. The molecule has 0 aromatic rings. The van der Waals surface area contributed by atoms with E-state index in [1.165, 1.54) is 9.80 Å². The third kappa shape index (κ3) is 5.75. The van der Waals surface area contributed by atoms with Crippen LogP contribution in [-0.4, -0.2) is 92.4 Å². The molecule has 1 aliphatic rings. The summed E-state index contributed by atoms with van der Waals surface area (Å²) in [5, 5.41) is 35.0. The van der Waals surface area contributed by atoms with Crippen molar-refractivity contribution in [3.05, 3.63) is 0 Å². The fourth-order valence-corrected chi connectivity index (χ4v) is 2.23. The minimum atomic E-state index is -1.20. The Morgan fingerprint density at radius 1 is 0.667 bits per heavy atom. The number of carbonyl (C=O) groups is 4. The molecule has 1 fully saturated rings. The Hall–Kier alpha value is -2.20. The van der Waals surface area contributed by atoms with Gasteiger partial charge in [-0.3, -0.25) is 29.0 Å². The predicted octanol–water partition coefficient (Wildman–Crippen LogP) is -1.93. The highest BCUT2D eigenvalue weighted by Gasteiger charge is 2.47. The standard InChI is InChI=1S/C11H16N2O8/c14-8(15)2-12(3-9(16)17)6-1-7(6)13(4-10(18)19)5-11(20)21/h6-7H,1-5H2,(H,14,15)(H,16,17)(H,18,19)(H,20,21)/t6-,7+. The molecular formula is C11H16N2O8. The summed E-state index contributed by atoms with van der Waals surface area (Å²) in [6.45, 7) is -1.99. The Morgan fingerprint density at radius 2 is 0.905 bits per heavy atom. The summed E-state index contributed by atoms with van der Waals surface area (Å²) in [5.74, 6) is -4.82. The molecule has 1 aliphatic carbocycles. The largest absolute Gasteiger partial charge is 0.480 e. The second kappa shape index (κ2) is 6.99. The quantitative estimate of drug-likeness (QED) is 0.358. The van der Waals surface area contributed by atoms with Gasteiger partial charge in [0.2, 0.25) is 0 Å². The zero-order chi connectivity index (χ0) is 16.2. The van der Waals surface area contributed by atoms with Crippen molar-refractivity contribution in [3.63, 3.8) is 0 Å². The highest BCUT2D eigenvalue weighted by Crippen LogP contribution is 2.33. The number of hydrogen-bond donors (Lipinski definition) is 4. The molecular weight excluding hydrogens is 288 g/mol. The van der Waals surface area contributed by atoms with E-state index in [0.717, 1.165) is 0 Å². The summed E-state index contributed by atoms with van der Waals surface area (Å²) in [6, 6.07) is -0.952. The van der Waals surface area contributed by atoms with E-state index >= 15 is 0 Å². The molecule has 1 saturated carbocycles. The van der Waals surface area contributed by atoms with Gasteiger partial charge in [-0.2, -0.15) is 0 Å². The van der Waals surface area contributed by atoms with Gasteiger partial charge in [0.25, 0.3) is 0 Å². The van der Waals surface area contributed by atoms with Crippen LogP contribution in [0.15, 0.2) is 0 Å². The normalized spacial score (nSPS) is 20.5. The Morgan fingerprint density at radius 3 is 1.10 bits per heavy atom. The van der Waals surface area contributed by atoms with Gasteiger partial charge in [0.15, 0.2) is 0 Å². The van der Waals surface area contributed by atoms with Gasteiger partial charge in [0.1, 0.15) is 0 Å². The van der Waals surface area contributed by atoms with Crippen LogP contribution in [-0.2, 0) is 19.2 Å². The lowest BCUT2D eigenvalue weighted by molar-refractivity contribution is -0.145. The lowest BCUT2D eigenvalue weighted by Crippen LogP contribution is -2.43. The number of rotatable bonds is 10. The summed E-state index contributed by atoms with van der Waals surface area (Å²) in [7, 11) is 0. The van der Waals surface area contributed by atoms with Crippen LogP contribution in [0.5, 0.6) is 0 Å². The van der Waals surface area contributed by atoms with Crippen LogP contribution < -0.4 is 0 Å². The smallest absolute Gasteiger partial charge is 0.317 e. The van der Waals surface area contributed by atoms with Gasteiger partial charge < -0.3 is 20.4 Å². The minimum Gasteiger partial charge on any atom is -0.480 e. The third-order valence-electron chi connectivity index (χ3n) is 3.02. The molecule has 118 valence electrons. The molecule has 0 amide bonds. The number of carboxylic acid groups (broad SMARTS) is 4. The molecule has 2 atom stereocenters. The average molecular weight is 304 g/mol. The molecule has 0 aliphatic heterocycles. The van der Waals surface area contributed by atoms with Gasteiger partial charge in [-0.05, 0) is 6.42 Å². The van der Waals surface area contributed by atoms with Crippen LogP contribution in [0.3, 0.4) is 0 Å². The predicted molar refractivity (Wildman–Crippen MR) is 65.9 cm³/mol. The molecule has 4 N–H and O–H groups in total. The van der Waals surface area contributed by atoms with Crippen LogP contribution in [0.1, 0.15) is 6.42 Å². The summed E-state index contributed by atoms with van der Waals surface area (Å²) in [6.07, 6.45) is 0.334. The first-order valence-electron chi connectivity index (χ1n) is 6.06. The zero-order valence-corrected chi connectivity index (χ0v) is 11.0. The Kier molecular flexibility index (Phi) is 5.61. The van der Waals surface area contributed by atoms with Gasteiger partial charge in [0, 0.05) is 12.1 Å². The van der Waals surface area contributed by atoms with Gasteiger partial charge in [0.05, 0.1) is 26.2 Å². The Bertz CT molecular complexity index is 380. The van der Waals surface area contributed by atoms with E-state index in [4.69, 9.17) is 20.4 Å². The van der Waals surface area contributed by atoms with E-state index in [1.54, 1.807) is 0 Å². The highest BCUT2D eigenvalue weighted by atomic mass is 16.4. The zero-order valence-electron chi connectivity index (χ0n) is 11.0. The van der Waals surface area contributed by atoms with E-state index in [2.05, 4.69) is 0 Å². The molecule has 0 aromatic carbocycles. The van der Waals surface area contributed by atoms with Crippen LogP contribution >= 0.6 is 0 Å².